The standard InChI is InChI=1S/C23H23ClFN3O2S/c1-30-12-15-8-18(25)19(9-15)28-23-17(11-26-13-27-23)21(29)20-10-16(22(24)31-20)7-14-5-3-2-4-6-14/h2-6,10-11,13,15,18-19H,7-9,12H2,1H3,(H,26,27,28)/t15-,18+,19-/m1/s1. The maximum absolute atomic E-state index is 14.5. The van der Waals surface area contributed by atoms with E-state index in [2.05, 4.69) is 15.3 Å². The largest absolute Gasteiger partial charge is 0.384 e. The van der Waals surface area contributed by atoms with Crippen LogP contribution in [0, 0.1) is 5.92 Å². The molecule has 4 rings (SSSR count). The first-order valence-corrected chi connectivity index (χ1v) is 11.3. The van der Waals surface area contributed by atoms with Crippen LogP contribution in [0.1, 0.15) is 39.2 Å². The van der Waals surface area contributed by atoms with E-state index >= 15 is 0 Å². The fraction of sp³-hybridized carbons (Fsp3) is 0.348. The molecule has 5 nitrogen and oxygen atoms in total. The maximum atomic E-state index is 14.5. The van der Waals surface area contributed by atoms with Gasteiger partial charge >= 0.3 is 0 Å². The highest BCUT2D eigenvalue weighted by molar-refractivity contribution is 7.18. The Morgan fingerprint density at radius 1 is 1.32 bits per heavy atom. The monoisotopic (exact) mass is 459 g/mol. The molecule has 0 amide bonds. The predicted molar refractivity (Wildman–Crippen MR) is 121 cm³/mol. The third kappa shape index (κ3) is 5.11. The number of thiophene rings is 1. The summed E-state index contributed by atoms with van der Waals surface area (Å²) >= 11 is 7.66. The van der Waals surface area contributed by atoms with E-state index in [-0.39, 0.29) is 11.7 Å². The molecule has 0 aliphatic heterocycles. The van der Waals surface area contributed by atoms with Crippen LogP contribution in [0.3, 0.4) is 0 Å². The number of aromatic nitrogens is 2. The highest BCUT2D eigenvalue weighted by Crippen LogP contribution is 2.34. The summed E-state index contributed by atoms with van der Waals surface area (Å²) in [5.74, 6) is 0.270. The molecule has 1 N–H and O–H groups in total. The SMILES string of the molecule is COC[C@@H]1C[C@H](F)[C@H](Nc2ncncc2C(=O)c2cc(Cc3ccccc3)c(Cl)s2)C1. The number of rotatable bonds is 8. The third-order valence-corrected chi connectivity index (χ3v) is 6.92. The van der Waals surface area contributed by atoms with Crippen molar-refractivity contribution in [2.75, 3.05) is 19.0 Å². The number of nitrogens with one attached hydrogen (secondary N) is 1. The molecule has 0 bridgehead atoms. The molecule has 0 radical (unpaired) electrons. The zero-order valence-electron chi connectivity index (χ0n) is 17.1. The Balaban J connectivity index is 1.53. The van der Waals surface area contributed by atoms with Crippen LogP contribution in [0.25, 0.3) is 0 Å². The zero-order valence-corrected chi connectivity index (χ0v) is 18.6. The first kappa shape index (κ1) is 21.9. The van der Waals surface area contributed by atoms with Gasteiger partial charge in [0.1, 0.15) is 18.3 Å². The van der Waals surface area contributed by atoms with Gasteiger partial charge in [-0.1, -0.05) is 41.9 Å². The highest BCUT2D eigenvalue weighted by Gasteiger charge is 2.35. The molecule has 3 aromatic rings. The van der Waals surface area contributed by atoms with Crippen molar-refractivity contribution in [3.63, 3.8) is 0 Å². The number of nitrogens with zero attached hydrogens (tertiary/aromatic N) is 2. The van der Waals surface area contributed by atoms with E-state index in [1.807, 2.05) is 36.4 Å². The average molecular weight is 460 g/mol. The zero-order chi connectivity index (χ0) is 21.8. The van der Waals surface area contributed by atoms with Gasteiger partial charge in [0.25, 0.3) is 0 Å². The van der Waals surface area contributed by atoms with Gasteiger partial charge in [-0.05, 0) is 42.4 Å². The van der Waals surface area contributed by atoms with Crippen LogP contribution >= 0.6 is 22.9 Å². The molecule has 162 valence electrons. The number of ketones is 1. The Kier molecular flexibility index (Phi) is 6.95. The van der Waals surface area contributed by atoms with Crippen LogP contribution in [-0.2, 0) is 11.2 Å². The van der Waals surface area contributed by atoms with Crippen LogP contribution in [-0.4, -0.2) is 41.7 Å². The van der Waals surface area contributed by atoms with E-state index in [0.29, 0.717) is 46.5 Å². The van der Waals surface area contributed by atoms with E-state index in [1.54, 1.807) is 7.11 Å². The minimum Gasteiger partial charge on any atom is -0.384 e. The maximum Gasteiger partial charge on any atom is 0.208 e. The second-order valence-electron chi connectivity index (χ2n) is 7.75. The Bertz CT molecular complexity index is 1050. The van der Waals surface area contributed by atoms with Crippen molar-refractivity contribution in [3.8, 4) is 0 Å². The quantitative estimate of drug-likeness (QED) is 0.470. The third-order valence-electron chi connectivity index (χ3n) is 5.48. The normalized spacial score (nSPS) is 20.7. The van der Waals surface area contributed by atoms with Gasteiger partial charge in [0.05, 0.1) is 20.8 Å². The molecule has 31 heavy (non-hydrogen) atoms. The Labute approximate surface area is 189 Å². The second kappa shape index (κ2) is 9.85. The summed E-state index contributed by atoms with van der Waals surface area (Å²) in [6.45, 7) is 0.520. The van der Waals surface area contributed by atoms with E-state index in [1.165, 1.54) is 23.9 Å². The lowest BCUT2D eigenvalue weighted by atomic mass is 10.1. The summed E-state index contributed by atoms with van der Waals surface area (Å²) in [5, 5.41) is 3.13. The Morgan fingerprint density at radius 3 is 2.90 bits per heavy atom. The summed E-state index contributed by atoms with van der Waals surface area (Å²) in [6.07, 6.45) is 3.51. The number of hydrogen-bond donors (Lipinski definition) is 1. The first-order chi connectivity index (χ1) is 15.0. The number of ether oxygens (including phenoxy) is 1. The average Bonchev–Trinajstić information content (AvgIpc) is 3.31. The first-order valence-electron chi connectivity index (χ1n) is 10.1. The van der Waals surface area contributed by atoms with Crippen molar-refractivity contribution in [3.05, 3.63) is 74.8 Å². The van der Waals surface area contributed by atoms with Gasteiger partial charge < -0.3 is 10.1 Å². The molecule has 1 saturated carbocycles. The molecule has 2 heterocycles. The fourth-order valence-corrected chi connectivity index (χ4v) is 5.21. The number of alkyl halides is 1. The van der Waals surface area contributed by atoms with Crippen LogP contribution in [0.2, 0.25) is 4.34 Å². The number of carbonyl (C=O) groups is 1. The highest BCUT2D eigenvalue weighted by atomic mass is 35.5. The van der Waals surface area contributed by atoms with E-state index in [0.717, 1.165) is 11.1 Å². The van der Waals surface area contributed by atoms with Crippen molar-refractivity contribution in [2.45, 2.75) is 31.5 Å². The Hall–Kier alpha value is -2.35. The molecule has 1 aliphatic carbocycles. The molecule has 0 saturated heterocycles. The summed E-state index contributed by atoms with van der Waals surface area (Å²) in [7, 11) is 1.62. The lowest BCUT2D eigenvalue weighted by Crippen LogP contribution is -2.27. The van der Waals surface area contributed by atoms with Gasteiger partial charge in [-0.3, -0.25) is 4.79 Å². The van der Waals surface area contributed by atoms with Gasteiger partial charge in [-0.15, -0.1) is 11.3 Å². The molecular weight excluding hydrogens is 437 g/mol. The summed E-state index contributed by atoms with van der Waals surface area (Å²) in [5.41, 5.74) is 2.33. The molecule has 1 fully saturated rings. The van der Waals surface area contributed by atoms with E-state index in [9.17, 15) is 9.18 Å². The molecule has 2 aromatic heterocycles. The number of methoxy groups -OCH3 is 1. The van der Waals surface area contributed by atoms with Crippen molar-refractivity contribution in [2.24, 2.45) is 5.92 Å². The number of anilines is 1. The summed E-state index contributed by atoms with van der Waals surface area (Å²) in [4.78, 5) is 22.0. The molecule has 3 atom stereocenters. The minimum atomic E-state index is -1.02. The van der Waals surface area contributed by atoms with Crippen LogP contribution in [0.15, 0.2) is 48.9 Å². The van der Waals surface area contributed by atoms with Gasteiger partial charge in [0.2, 0.25) is 5.78 Å². The van der Waals surface area contributed by atoms with Crippen LogP contribution in [0.5, 0.6) is 0 Å². The number of benzene rings is 1. The van der Waals surface area contributed by atoms with Crippen LogP contribution in [0.4, 0.5) is 10.2 Å². The Morgan fingerprint density at radius 2 is 2.13 bits per heavy atom. The fourth-order valence-electron chi connectivity index (χ4n) is 3.98. The lowest BCUT2D eigenvalue weighted by Gasteiger charge is -2.17. The van der Waals surface area contributed by atoms with Crippen molar-refractivity contribution in [1.29, 1.82) is 0 Å². The number of carbonyl (C=O) groups excluding carboxylic acids is 1. The van der Waals surface area contributed by atoms with Gasteiger partial charge in [-0.2, -0.15) is 0 Å². The minimum absolute atomic E-state index is 0.148. The molecule has 8 heteroatoms. The topological polar surface area (TPSA) is 64.1 Å². The van der Waals surface area contributed by atoms with Crippen molar-refractivity contribution < 1.29 is 13.9 Å². The molecular formula is C23H23ClFN3O2S. The van der Waals surface area contributed by atoms with Crippen molar-refractivity contribution in [1.82, 2.24) is 9.97 Å². The summed E-state index contributed by atoms with van der Waals surface area (Å²) < 4.78 is 20.3. The van der Waals surface area contributed by atoms with Crippen LogP contribution < -0.4 is 5.32 Å². The smallest absolute Gasteiger partial charge is 0.208 e. The van der Waals surface area contributed by atoms with Gasteiger partial charge in [-0.25, -0.2) is 14.4 Å². The second-order valence-corrected chi connectivity index (χ2v) is 9.40. The number of hydrogen-bond acceptors (Lipinski definition) is 6. The molecule has 1 aromatic carbocycles. The van der Waals surface area contributed by atoms with Crippen molar-refractivity contribution >= 4 is 34.5 Å². The van der Waals surface area contributed by atoms with Gasteiger partial charge in [0.15, 0.2) is 0 Å². The molecule has 0 spiro atoms. The number of halogens is 2. The molecule has 1 aliphatic rings. The van der Waals surface area contributed by atoms with E-state index in [4.69, 9.17) is 16.3 Å². The predicted octanol–water partition coefficient (Wildman–Crippen LogP) is 5.19. The van der Waals surface area contributed by atoms with Gasteiger partial charge in [0, 0.05) is 19.9 Å². The molecule has 0 unspecified atom stereocenters. The summed E-state index contributed by atoms with van der Waals surface area (Å²) in [6, 6.07) is 11.4. The van der Waals surface area contributed by atoms with E-state index < -0.39 is 12.2 Å². The lowest BCUT2D eigenvalue weighted by molar-refractivity contribution is 0.104.